The van der Waals surface area contributed by atoms with Gasteiger partial charge in [0.1, 0.15) is 0 Å². The van der Waals surface area contributed by atoms with Crippen molar-refractivity contribution in [1.29, 1.82) is 0 Å². The highest BCUT2D eigenvalue weighted by atomic mass is 32.2. The topological polar surface area (TPSA) is 29.1 Å². The molecule has 1 unspecified atom stereocenters. The maximum Gasteiger partial charge on any atom is 0.230 e. The molecule has 0 saturated carbocycles. The van der Waals surface area contributed by atoms with Gasteiger partial charge in [0, 0.05) is 5.75 Å². The van der Waals surface area contributed by atoms with E-state index in [0.717, 1.165) is 11.3 Å². The highest BCUT2D eigenvalue weighted by molar-refractivity contribution is 7.99. The lowest BCUT2D eigenvalue weighted by atomic mass is 10.1. The van der Waals surface area contributed by atoms with E-state index in [2.05, 4.69) is 67.7 Å². The molecule has 2 aromatic rings. The Labute approximate surface area is 137 Å². The number of hydrogen-bond donors (Lipinski definition) is 1. The van der Waals surface area contributed by atoms with Crippen molar-refractivity contribution in [2.24, 2.45) is 0 Å². The zero-order chi connectivity index (χ0) is 15.9. The summed E-state index contributed by atoms with van der Waals surface area (Å²) >= 11 is 1.65. The highest BCUT2D eigenvalue weighted by Gasteiger charge is 2.09. The van der Waals surface area contributed by atoms with Crippen LogP contribution in [-0.4, -0.2) is 11.7 Å². The first-order valence-electron chi connectivity index (χ1n) is 7.54. The highest BCUT2D eigenvalue weighted by Crippen LogP contribution is 2.15. The molecule has 22 heavy (non-hydrogen) atoms. The van der Waals surface area contributed by atoms with Crippen LogP contribution in [0.1, 0.15) is 35.2 Å². The largest absolute Gasteiger partial charge is 0.349 e. The third-order valence-electron chi connectivity index (χ3n) is 3.54. The van der Waals surface area contributed by atoms with E-state index < -0.39 is 0 Å². The van der Waals surface area contributed by atoms with Crippen molar-refractivity contribution in [2.75, 3.05) is 5.75 Å². The maximum absolute atomic E-state index is 12.0. The van der Waals surface area contributed by atoms with Crippen molar-refractivity contribution < 1.29 is 4.79 Å². The second-order valence-electron chi connectivity index (χ2n) is 5.68. The van der Waals surface area contributed by atoms with Crippen LogP contribution in [-0.2, 0) is 10.5 Å². The Morgan fingerprint density at radius 3 is 2.50 bits per heavy atom. The van der Waals surface area contributed by atoms with Gasteiger partial charge in [-0.3, -0.25) is 4.79 Å². The maximum atomic E-state index is 12.0. The first kappa shape index (κ1) is 16.6. The molecule has 0 spiro atoms. The minimum Gasteiger partial charge on any atom is -0.349 e. The molecule has 0 heterocycles. The Bertz CT molecular complexity index is 622. The van der Waals surface area contributed by atoms with Crippen molar-refractivity contribution in [3.05, 3.63) is 70.8 Å². The number of carbonyl (C=O) groups is 1. The molecule has 1 N–H and O–H groups in total. The van der Waals surface area contributed by atoms with E-state index in [1.165, 1.54) is 16.7 Å². The standard InChI is InChI=1S/C19H23NOS/c1-14-7-9-18(10-8-14)16(3)20-19(21)13-22-12-17-6-4-5-15(2)11-17/h4-11,16H,12-13H2,1-3H3,(H,20,21). The van der Waals surface area contributed by atoms with Gasteiger partial charge in [-0.1, -0.05) is 59.7 Å². The predicted octanol–water partition coefficient (Wildman–Crippen LogP) is 4.41. The van der Waals surface area contributed by atoms with Crippen molar-refractivity contribution >= 4 is 17.7 Å². The number of thioether (sulfide) groups is 1. The molecule has 2 nitrogen and oxygen atoms in total. The van der Waals surface area contributed by atoms with Gasteiger partial charge in [0.15, 0.2) is 0 Å². The van der Waals surface area contributed by atoms with Crippen LogP contribution >= 0.6 is 11.8 Å². The summed E-state index contributed by atoms with van der Waals surface area (Å²) in [5.41, 5.74) is 4.90. The van der Waals surface area contributed by atoms with Crippen LogP contribution in [0.15, 0.2) is 48.5 Å². The molecule has 116 valence electrons. The normalized spacial score (nSPS) is 12.0. The van der Waals surface area contributed by atoms with Crippen LogP contribution in [0.3, 0.4) is 0 Å². The van der Waals surface area contributed by atoms with Crippen LogP contribution in [0.2, 0.25) is 0 Å². The van der Waals surface area contributed by atoms with E-state index in [0.29, 0.717) is 5.75 Å². The lowest BCUT2D eigenvalue weighted by Crippen LogP contribution is -2.28. The Hall–Kier alpha value is -1.74. The molecule has 0 saturated heterocycles. The fraction of sp³-hybridized carbons (Fsp3) is 0.316. The van der Waals surface area contributed by atoms with E-state index >= 15 is 0 Å². The minimum atomic E-state index is 0.0488. The van der Waals surface area contributed by atoms with Gasteiger partial charge >= 0.3 is 0 Å². The average molecular weight is 313 g/mol. The minimum absolute atomic E-state index is 0.0488. The Balaban J connectivity index is 1.76. The van der Waals surface area contributed by atoms with Crippen molar-refractivity contribution in [3.63, 3.8) is 0 Å². The van der Waals surface area contributed by atoms with Gasteiger partial charge in [-0.25, -0.2) is 0 Å². The van der Waals surface area contributed by atoms with Crippen LogP contribution in [0, 0.1) is 13.8 Å². The molecular formula is C19H23NOS. The third-order valence-corrected chi connectivity index (χ3v) is 4.54. The van der Waals surface area contributed by atoms with Gasteiger partial charge in [-0.05, 0) is 31.9 Å². The summed E-state index contributed by atoms with van der Waals surface area (Å²) in [4.78, 5) is 12.0. The van der Waals surface area contributed by atoms with Crippen LogP contribution < -0.4 is 5.32 Å². The SMILES string of the molecule is Cc1ccc(C(C)NC(=O)CSCc2cccc(C)c2)cc1. The molecule has 2 rings (SSSR count). The summed E-state index contributed by atoms with van der Waals surface area (Å²) in [6.45, 7) is 6.17. The van der Waals surface area contributed by atoms with Gasteiger partial charge in [-0.15, -0.1) is 11.8 Å². The Kier molecular flexibility index (Phi) is 6.08. The Morgan fingerprint density at radius 2 is 1.82 bits per heavy atom. The van der Waals surface area contributed by atoms with Gasteiger partial charge in [-0.2, -0.15) is 0 Å². The first-order valence-corrected chi connectivity index (χ1v) is 8.69. The fourth-order valence-corrected chi connectivity index (χ4v) is 3.07. The molecule has 3 heteroatoms. The molecule has 1 amide bonds. The van der Waals surface area contributed by atoms with E-state index in [9.17, 15) is 4.79 Å². The summed E-state index contributed by atoms with van der Waals surface area (Å²) < 4.78 is 0. The number of rotatable bonds is 6. The third kappa shape index (κ3) is 5.23. The van der Waals surface area contributed by atoms with Gasteiger partial charge in [0.05, 0.1) is 11.8 Å². The quantitative estimate of drug-likeness (QED) is 0.855. The molecule has 0 aliphatic heterocycles. The lowest BCUT2D eigenvalue weighted by Gasteiger charge is -2.14. The molecular weight excluding hydrogens is 290 g/mol. The fourth-order valence-electron chi connectivity index (χ4n) is 2.29. The van der Waals surface area contributed by atoms with E-state index in [1.54, 1.807) is 11.8 Å². The monoisotopic (exact) mass is 313 g/mol. The number of hydrogen-bond acceptors (Lipinski definition) is 2. The van der Waals surface area contributed by atoms with E-state index in [-0.39, 0.29) is 11.9 Å². The predicted molar refractivity (Wildman–Crippen MR) is 95.1 cm³/mol. The van der Waals surface area contributed by atoms with Gasteiger partial charge in [0.2, 0.25) is 5.91 Å². The summed E-state index contributed by atoms with van der Waals surface area (Å²) in [6.07, 6.45) is 0. The molecule has 0 aliphatic rings. The molecule has 0 radical (unpaired) electrons. The van der Waals surface area contributed by atoms with Gasteiger partial charge < -0.3 is 5.32 Å². The number of aryl methyl sites for hydroxylation is 2. The zero-order valence-electron chi connectivity index (χ0n) is 13.4. The number of nitrogens with one attached hydrogen (secondary N) is 1. The second kappa shape index (κ2) is 8.04. The lowest BCUT2D eigenvalue weighted by molar-refractivity contribution is -0.119. The Morgan fingerprint density at radius 1 is 1.09 bits per heavy atom. The van der Waals surface area contributed by atoms with E-state index in [1.807, 2.05) is 6.92 Å². The second-order valence-corrected chi connectivity index (χ2v) is 6.67. The van der Waals surface area contributed by atoms with Gasteiger partial charge in [0.25, 0.3) is 0 Å². The number of benzene rings is 2. The summed E-state index contributed by atoms with van der Waals surface area (Å²) in [5.74, 6) is 1.45. The van der Waals surface area contributed by atoms with Crippen LogP contribution in [0.5, 0.6) is 0 Å². The molecule has 0 aliphatic carbocycles. The molecule has 0 bridgehead atoms. The number of carbonyl (C=O) groups excluding carboxylic acids is 1. The molecule has 0 fully saturated rings. The number of amides is 1. The van der Waals surface area contributed by atoms with E-state index in [4.69, 9.17) is 0 Å². The molecule has 1 atom stereocenters. The van der Waals surface area contributed by atoms with Crippen molar-refractivity contribution in [3.8, 4) is 0 Å². The van der Waals surface area contributed by atoms with Crippen molar-refractivity contribution in [2.45, 2.75) is 32.6 Å². The zero-order valence-corrected chi connectivity index (χ0v) is 14.2. The average Bonchev–Trinajstić information content (AvgIpc) is 2.48. The summed E-state index contributed by atoms with van der Waals surface area (Å²) in [5, 5.41) is 3.05. The van der Waals surface area contributed by atoms with Crippen molar-refractivity contribution in [1.82, 2.24) is 5.32 Å². The molecule has 2 aromatic carbocycles. The summed E-state index contributed by atoms with van der Waals surface area (Å²) in [7, 11) is 0. The molecule has 0 aromatic heterocycles. The summed E-state index contributed by atoms with van der Waals surface area (Å²) in [6, 6.07) is 16.8. The van der Waals surface area contributed by atoms with Crippen LogP contribution in [0.4, 0.5) is 0 Å². The first-order chi connectivity index (χ1) is 10.5. The smallest absolute Gasteiger partial charge is 0.230 e. The van der Waals surface area contributed by atoms with Crippen LogP contribution in [0.25, 0.3) is 0 Å².